The highest BCUT2D eigenvalue weighted by atomic mass is 16.6. The molecule has 3 fully saturated rings. The van der Waals surface area contributed by atoms with Gasteiger partial charge in [-0.15, -0.1) is 0 Å². The lowest BCUT2D eigenvalue weighted by molar-refractivity contribution is -0.146. The van der Waals surface area contributed by atoms with Gasteiger partial charge in [-0.05, 0) is 61.7 Å². The van der Waals surface area contributed by atoms with Crippen LogP contribution in [0.1, 0.15) is 52.9 Å². The first-order valence-electron chi connectivity index (χ1n) is 10.6. The van der Waals surface area contributed by atoms with Gasteiger partial charge < -0.3 is 14.8 Å². The predicted octanol–water partition coefficient (Wildman–Crippen LogP) is 3.03. The van der Waals surface area contributed by atoms with E-state index in [1.54, 1.807) is 0 Å². The molecule has 0 aromatic rings. The molecule has 26 heavy (non-hydrogen) atoms. The Hall–Kier alpha value is -1.10. The number of ether oxygens (including phenoxy) is 2. The summed E-state index contributed by atoms with van der Waals surface area (Å²) in [6, 6.07) is 0. The molecule has 0 spiro atoms. The molecule has 5 nitrogen and oxygen atoms in total. The number of hydrogen-bond acceptors (Lipinski definition) is 4. The van der Waals surface area contributed by atoms with Gasteiger partial charge in [-0.2, -0.15) is 0 Å². The second-order valence-corrected chi connectivity index (χ2v) is 8.36. The normalized spacial score (nSPS) is 37.6. The van der Waals surface area contributed by atoms with Crippen LogP contribution in [-0.4, -0.2) is 38.2 Å². The van der Waals surface area contributed by atoms with Gasteiger partial charge in [0.1, 0.15) is 13.2 Å². The fraction of sp³-hybridized carbons (Fsp3) is 0.905. The molecule has 0 saturated heterocycles. The van der Waals surface area contributed by atoms with Gasteiger partial charge in [-0.1, -0.05) is 26.7 Å². The van der Waals surface area contributed by atoms with E-state index in [0.717, 1.165) is 36.0 Å². The van der Waals surface area contributed by atoms with E-state index in [0.29, 0.717) is 19.1 Å². The van der Waals surface area contributed by atoms with Crippen molar-refractivity contribution < 1.29 is 19.1 Å². The number of carbonyl (C=O) groups excluding carboxylic acids is 2. The van der Waals surface area contributed by atoms with Gasteiger partial charge in [0.2, 0.25) is 5.91 Å². The fourth-order valence-electron chi connectivity index (χ4n) is 6.40. The van der Waals surface area contributed by atoms with E-state index in [2.05, 4.69) is 19.2 Å². The highest BCUT2D eigenvalue weighted by molar-refractivity contribution is 5.84. The van der Waals surface area contributed by atoms with E-state index in [1.807, 2.05) is 6.92 Å². The Labute approximate surface area is 157 Å². The van der Waals surface area contributed by atoms with Crippen LogP contribution in [0, 0.1) is 41.4 Å². The number of fused-ring (bicyclic) bond motifs is 5. The Morgan fingerprint density at radius 1 is 0.962 bits per heavy atom. The summed E-state index contributed by atoms with van der Waals surface area (Å²) in [5, 5.41) is 2.83. The predicted molar refractivity (Wildman–Crippen MR) is 99.3 cm³/mol. The molecule has 1 N–H and O–H groups in total. The van der Waals surface area contributed by atoms with E-state index >= 15 is 0 Å². The van der Waals surface area contributed by atoms with Crippen LogP contribution < -0.4 is 5.32 Å². The lowest BCUT2D eigenvalue weighted by atomic mass is 9.70. The number of rotatable bonds is 9. The molecule has 3 aliphatic rings. The van der Waals surface area contributed by atoms with Crippen molar-refractivity contribution in [2.75, 3.05) is 26.4 Å². The lowest BCUT2D eigenvalue weighted by Gasteiger charge is -2.35. The third-order valence-corrected chi connectivity index (χ3v) is 7.31. The molecule has 7 atom stereocenters. The summed E-state index contributed by atoms with van der Waals surface area (Å²) in [4.78, 5) is 24.5. The maximum Gasteiger partial charge on any atom is 0.325 e. The van der Waals surface area contributed by atoms with Crippen LogP contribution in [0.5, 0.6) is 0 Å². The topological polar surface area (TPSA) is 64.6 Å². The zero-order valence-electron chi connectivity index (χ0n) is 16.5. The highest BCUT2D eigenvalue weighted by Gasteiger charge is 2.60. The van der Waals surface area contributed by atoms with E-state index in [4.69, 9.17) is 9.47 Å². The van der Waals surface area contributed by atoms with Gasteiger partial charge in [-0.25, -0.2) is 0 Å². The Bertz CT molecular complexity index is 508. The van der Waals surface area contributed by atoms with Gasteiger partial charge in [0.15, 0.2) is 0 Å². The van der Waals surface area contributed by atoms with Crippen molar-refractivity contribution in [1.82, 2.24) is 5.32 Å². The zero-order valence-corrected chi connectivity index (χ0v) is 16.5. The molecule has 0 heterocycles. The summed E-state index contributed by atoms with van der Waals surface area (Å²) in [5.74, 6) is 4.27. The molecule has 0 radical (unpaired) electrons. The monoisotopic (exact) mass is 365 g/mol. The standard InChI is InChI=1S/C21H35NO4/c1-4-13-9-14(5-2)20-16-10-15(19(13)20)11-17(16)21(24)22-12-18(23)26-8-7-25-6-3/h13-17,19-20H,4-12H2,1-3H3,(H,22,24). The molecular weight excluding hydrogens is 330 g/mol. The molecule has 5 heteroatoms. The van der Waals surface area contributed by atoms with Crippen molar-refractivity contribution in [2.24, 2.45) is 41.4 Å². The van der Waals surface area contributed by atoms with Gasteiger partial charge in [-0.3, -0.25) is 9.59 Å². The quantitative estimate of drug-likeness (QED) is 0.504. The van der Waals surface area contributed by atoms with E-state index in [-0.39, 0.29) is 30.9 Å². The van der Waals surface area contributed by atoms with Gasteiger partial charge in [0.05, 0.1) is 6.61 Å². The van der Waals surface area contributed by atoms with Gasteiger partial charge in [0, 0.05) is 12.5 Å². The number of nitrogens with one attached hydrogen (secondary N) is 1. The van der Waals surface area contributed by atoms with Crippen molar-refractivity contribution in [3.8, 4) is 0 Å². The molecule has 3 rings (SSSR count). The Kier molecular flexibility index (Phi) is 6.60. The molecule has 0 aliphatic heterocycles. The fourth-order valence-corrected chi connectivity index (χ4v) is 6.40. The third kappa shape index (κ3) is 3.78. The summed E-state index contributed by atoms with van der Waals surface area (Å²) in [6.07, 6.45) is 6.12. The van der Waals surface area contributed by atoms with Crippen LogP contribution in [-0.2, 0) is 19.1 Å². The van der Waals surface area contributed by atoms with Crippen LogP contribution in [0.3, 0.4) is 0 Å². The first kappa shape index (κ1) is 19.7. The van der Waals surface area contributed by atoms with Crippen LogP contribution in [0.15, 0.2) is 0 Å². The third-order valence-electron chi connectivity index (χ3n) is 7.31. The Morgan fingerprint density at radius 3 is 2.38 bits per heavy atom. The molecule has 0 aromatic carbocycles. The minimum absolute atomic E-state index is 0.0261. The van der Waals surface area contributed by atoms with Gasteiger partial charge >= 0.3 is 5.97 Å². The molecule has 0 aromatic heterocycles. The van der Waals surface area contributed by atoms with E-state index in [9.17, 15) is 9.59 Å². The largest absolute Gasteiger partial charge is 0.462 e. The van der Waals surface area contributed by atoms with Gasteiger partial charge in [0.25, 0.3) is 0 Å². The van der Waals surface area contributed by atoms with E-state index in [1.165, 1.54) is 25.7 Å². The highest BCUT2D eigenvalue weighted by Crippen LogP contribution is 2.65. The second-order valence-electron chi connectivity index (χ2n) is 8.36. The van der Waals surface area contributed by atoms with Crippen molar-refractivity contribution >= 4 is 11.9 Å². The average Bonchev–Trinajstić information content (AvgIpc) is 3.33. The maximum absolute atomic E-state index is 12.7. The van der Waals surface area contributed by atoms with Crippen molar-refractivity contribution in [2.45, 2.75) is 52.9 Å². The number of esters is 1. The van der Waals surface area contributed by atoms with Crippen molar-refractivity contribution in [3.05, 3.63) is 0 Å². The summed E-state index contributed by atoms with van der Waals surface area (Å²) >= 11 is 0. The van der Waals surface area contributed by atoms with Crippen LogP contribution in [0.2, 0.25) is 0 Å². The Morgan fingerprint density at radius 2 is 1.69 bits per heavy atom. The maximum atomic E-state index is 12.7. The molecule has 3 saturated carbocycles. The molecule has 1 amide bonds. The number of amides is 1. The second kappa shape index (κ2) is 8.73. The number of hydrogen-bond donors (Lipinski definition) is 1. The van der Waals surface area contributed by atoms with Crippen molar-refractivity contribution in [1.29, 1.82) is 0 Å². The lowest BCUT2D eigenvalue weighted by Crippen LogP contribution is -2.41. The summed E-state index contributed by atoms with van der Waals surface area (Å²) < 4.78 is 10.2. The van der Waals surface area contributed by atoms with Crippen molar-refractivity contribution in [3.63, 3.8) is 0 Å². The minimum atomic E-state index is -0.377. The molecule has 3 aliphatic carbocycles. The molecular formula is C21H35NO4. The minimum Gasteiger partial charge on any atom is -0.462 e. The first-order valence-corrected chi connectivity index (χ1v) is 10.6. The molecule has 2 bridgehead atoms. The van der Waals surface area contributed by atoms with Crippen LogP contribution in [0.4, 0.5) is 0 Å². The number of carbonyl (C=O) groups is 2. The SMILES string of the molecule is CCOCCOC(=O)CNC(=O)C1CC2CC1C1C(CC)CC(CC)C21. The summed E-state index contributed by atoms with van der Waals surface area (Å²) in [6.45, 7) is 7.77. The smallest absolute Gasteiger partial charge is 0.325 e. The summed E-state index contributed by atoms with van der Waals surface area (Å²) in [5.41, 5.74) is 0. The van der Waals surface area contributed by atoms with Crippen LogP contribution in [0.25, 0.3) is 0 Å². The molecule has 7 unspecified atom stereocenters. The first-order chi connectivity index (χ1) is 12.6. The molecule has 148 valence electrons. The zero-order chi connectivity index (χ0) is 18.7. The average molecular weight is 366 g/mol. The Balaban J connectivity index is 1.49. The van der Waals surface area contributed by atoms with E-state index < -0.39 is 0 Å². The van der Waals surface area contributed by atoms with Crippen LogP contribution >= 0.6 is 0 Å². The summed E-state index contributed by atoms with van der Waals surface area (Å²) in [7, 11) is 0.